The van der Waals surface area contributed by atoms with Gasteiger partial charge >= 0.3 is 23.9 Å². The molecule has 1 N–H and O–H groups in total. The highest BCUT2D eigenvalue weighted by Gasteiger charge is 2.41. The van der Waals surface area contributed by atoms with E-state index in [0.29, 0.717) is 11.1 Å². The molecule has 0 spiro atoms. The number of amides is 1. The highest BCUT2D eigenvalue weighted by atomic mass is 16.6. The van der Waals surface area contributed by atoms with Gasteiger partial charge in [0.2, 0.25) is 0 Å². The van der Waals surface area contributed by atoms with Crippen LogP contribution < -0.4 is 10.1 Å². The Balaban J connectivity index is 1.81. The van der Waals surface area contributed by atoms with Crippen molar-refractivity contribution in [2.75, 3.05) is 6.61 Å². The zero-order chi connectivity index (χ0) is 31.0. The van der Waals surface area contributed by atoms with Gasteiger partial charge in [0.05, 0.1) is 17.4 Å². The van der Waals surface area contributed by atoms with Gasteiger partial charge in [0.1, 0.15) is 12.7 Å². The summed E-state index contributed by atoms with van der Waals surface area (Å²) < 4.78 is 22.0. The lowest BCUT2D eigenvalue weighted by Crippen LogP contribution is -2.47. The summed E-state index contributed by atoms with van der Waals surface area (Å²) >= 11 is 0. The normalized spacial score (nSPS) is 20.8. The molecule has 1 aromatic heterocycles. The van der Waals surface area contributed by atoms with Crippen LogP contribution in [0.3, 0.4) is 0 Å². The van der Waals surface area contributed by atoms with E-state index in [1.165, 1.54) is 13.1 Å². The van der Waals surface area contributed by atoms with E-state index in [1.54, 1.807) is 45.9 Å². The average molecular weight is 583 g/mol. The van der Waals surface area contributed by atoms with Crippen molar-refractivity contribution in [2.24, 2.45) is 11.8 Å². The zero-order valence-corrected chi connectivity index (χ0v) is 24.8. The lowest BCUT2D eigenvalue weighted by molar-refractivity contribution is -0.176. The van der Waals surface area contributed by atoms with Gasteiger partial charge < -0.3 is 24.3 Å². The molecule has 0 bridgehead atoms. The summed E-state index contributed by atoms with van der Waals surface area (Å²) in [6.07, 6.45) is 1.39. The minimum Gasteiger partial charge on any atom is -0.463 e. The molecule has 4 unspecified atom stereocenters. The molecule has 2 heterocycles. The number of aromatic nitrogens is 1. The molecule has 0 aliphatic carbocycles. The molecule has 3 rings (SSSR count). The number of esters is 4. The SMILES string of the molecule is CCCc1ccc(C(=O)Oc2c(C)ccnc2C(=O)NC2COC(=O)C(CC)C(OC(=O)C(C)C)C(C)OC2=O)cc1. The minimum atomic E-state index is -1.40. The van der Waals surface area contributed by atoms with E-state index in [9.17, 15) is 24.0 Å². The number of benzene rings is 1. The van der Waals surface area contributed by atoms with Crippen LogP contribution in [-0.4, -0.2) is 59.6 Å². The number of ether oxygens (including phenoxy) is 4. The number of aryl methyl sites for hydroxylation is 2. The molecular weight excluding hydrogens is 544 g/mol. The van der Waals surface area contributed by atoms with Crippen LogP contribution in [0.2, 0.25) is 0 Å². The third-order valence-electron chi connectivity index (χ3n) is 6.85. The van der Waals surface area contributed by atoms with Crippen LogP contribution in [0.15, 0.2) is 36.5 Å². The second kappa shape index (κ2) is 14.6. The van der Waals surface area contributed by atoms with Crippen molar-refractivity contribution < 1.29 is 42.9 Å². The second-order valence-corrected chi connectivity index (χ2v) is 10.5. The van der Waals surface area contributed by atoms with E-state index >= 15 is 0 Å². The Labute approximate surface area is 245 Å². The number of rotatable bonds is 9. The summed E-state index contributed by atoms with van der Waals surface area (Å²) in [5.74, 6) is -5.10. The van der Waals surface area contributed by atoms with Crippen LogP contribution in [0.4, 0.5) is 0 Å². The molecule has 42 heavy (non-hydrogen) atoms. The van der Waals surface area contributed by atoms with Crippen LogP contribution in [0.1, 0.15) is 79.4 Å². The molecule has 11 nitrogen and oxygen atoms in total. The highest BCUT2D eigenvalue weighted by Crippen LogP contribution is 2.25. The van der Waals surface area contributed by atoms with Crippen molar-refractivity contribution in [3.8, 4) is 5.75 Å². The number of nitrogens with one attached hydrogen (secondary N) is 1. The third-order valence-corrected chi connectivity index (χ3v) is 6.85. The van der Waals surface area contributed by atoms with E-state index < -0.39 is 66.5 Å². The van der Waals surface area contributed by atoms with Crippen LogP contribution in [0, 0.1) is 18.8 Å². The topological polar surface area (TPSA) is 147 Å². The number of hydrogen-bond donors (Lipinski definition) is 1. The first kappa shape index (κ1) is 32.2. The number of pyridine rings is 1. The zero-order valence-electron chi connectivity index (χ0n) is 24.8. The minimum absolute atomic E-state index is 0.0776. The van der Waals surface area contributed by atoms with E-state index in [0.717, 1.165) is 18.4 Å². The summed E-state index contributed by atoms with van der Waals surface area (Å²) in [7, 11) is 0. The van der Waals surface area contributed by atoms with Gasteiger partial charge in [-0.2, -0.15) is 0 Å². The van der Waals surface area contributed by atoms with E-state index in [2.05, 4.69) is 17.2 Å². The first-order valence-electron chi connectivity index (χ1n) is 14.1. The van der Waals surface area contributed by atoms with Gasteiger partial charge in [-0.1, -0.05) is 46.2 Å². The Bertz CT molecular complexity index is 1310. The maximum Gasteiger partial charge on any atom is 0.343 e. The molecule has 1 aliphatic heterocycles. The average Bonchev–Trinajstić information content (AvgIpc) is 2.99. The Morgan fingerprint density at radius 2 is 1.76 bits per heavy atom. The fourth-order valence-electron chi connectivity index (χ4n) is 4.39. The maximum atomic E-state index is 13.3. The van der Waals surface area contributed by atoms with Crippen molar-refractivity contribution in [1.29, 1.82) is 0 Å². The standard InChI is InChI=1S/C31H38N2O9/c1-7-9-20-10-12-21(13-11-20)29(36)41-25-18(5)14-15-32-24(25)27(34)33-23-16-39-30(37)22(8-2)26(19(6)40-31(23)38)42-28(35)17(3)4/h10-15,17,19,22-23,26H,7-9,16H2,1-6H3,(H,33,34). The van der Waals surface area contributed by atoms with Crippen molar-refractivity contribution in [3.63, 3.8) is 0 Å². The smallest absolute Gasteiger partial charge is 0.343 e. The van der Waals surface area contributed by atoms with Gasteiger partial charge in [-0.15, -0.1) is 0 Å². The predicted molar refractivity (Wildman–Crippen MR) is 151 cm³/mol. The largest absolute Gasteiger partial charge is 0.463 e. The van der Waals surface area contributed by atoms with E-state index in [4.69, 9.17) is 18.9 Å². The monoisotopic (exact) mass is 582 g/mol. The van der Waals surface area contributed by atoms with Crippen LogP contribution in [0.25, 0.3) is 0 Å². The molecule has 1 amide bonds. The molecule has 4 atom stereocenters. The predicted octanol–water partition coefficient (Wildman–Crippen LogP) is 3.74. The number of carbonyl (C=O) groups is 5. The fourth-order valence-corrected chi connectivity index (χ4v) is 4.39. The van der Waals surface area contributed by atoms with E-state index in [1.807, 2.05) is 12.1 Å². The van der Waals surface area contributed by atoms with Crippen LogP contribution in [-0.2, 0) is 35.0 Å². The van der Waals surface area contributed by atoms with E-state index in [-0.39, 0.29) is 17.9 Å². The number of cyclic esters (lactones) is 2. The summed E-state index contributed by atoms with van der Waals surface area (Å²) in [6.45, 7) is 9.70. The Morgan fingerprint density at radius 3 is 2.38 bits per heavy atom. The summed E-state index contributed by atoms with van der Waals surface area (Å²) in [5.41, 5.74) is 1.60. The second-order valence-electron chi connectivity index (χ2n) is 10.5. The van der Waals surface area contributed by atoms with Crippen molar-refractivity contribution >= 4 is 29.8 Å². The lowest BCUT2D eigenvalue weighted by atomic mass is 9.95. The summed E-state index contributed by atoms with van der Waals surface area (Å²) in [6, 6.07) is 7.15. The number of hydrogen-bond acceptors (Lipinski definition) is 10. The molecule has 1 saturated heterocycles. The Kier molecular flexibility index (Phi) is 11.2. The van der Waals surface area contributed by atoms with Gasteiger partial charge in [0.25, 0.3) is 5.91 Å². The quantitative estimate of drug-likeness (QED) is 0.342. The van der Waals surface area contributed by atoms with Crippen molar-refractivity contribution in [1.82, 2.24) is 10.3 Å². The highest BCUT2D eigenvalue weighted by molar-refractivity contribution is 5.99. The molecule has 11 heteroatoms. The van der Waals surface area contributed by atoms with Gasteiger partial charge in [-0.05, 0) is 56.0 Å². The first-order valence-corrected chi connectivity index (χ1v) is 14.1. The van der Waals surface area contributed by atoms with Crippen molar-refractivity contribution in [2.45, 2.75) is 79.1 Å². The number of nitrogens with zero attached hydrogens (tertiary/aromatic N) is 1. The van der Waals surface area contributed by atoms with Crippen LogP contribution >= 0.6 is 0 Å². The molecule has 0 saturated carbocycles. The maximum absolute atomic E-state index is 13.3. The molecule has 1 fully saturated rings. The van der Waals surface area contributed by atoms with Gasteiger partial charge in [0, 0.05) is 6.20 Å². The molecule has 1 aromatic carbocycles. The van der Waals surface area contributed by atoms with Crippen molar-refractivity contribution in [3.05, 3.63) is 58.9 Å². The summed E-state index contributed by atoms with van der Waals surface area (Å²) in [5, 5.41) is 2.48. The molecular formula is C31H38N2O9. The molecule has 226 valence electrons. The first-order chi connectivity index (χ1) is 20.0. The summed E-state index contributed by atoms with van der Waals surface area (Å²) in [4.78, 5) is 68.6. The molecule has 1 aliphatic rings. The third kappa shape index (κ3) is 7.92. The van der Waals surface area contributed by atoms with Crippen LogP contribution in [0.5, 0.6) is 5.75 Å². The van der Waals surface area contributed by atoms with Gasteiger partial charge in [-0.3, -0.25) is 14.4 Å². The van der Waals surface area contributed by atoms with Gasteiger partial charge in [0.15, 0.2) is 23.6 Å². The lowest BCUT2D eigenvalue weighted by Gasteiger charge is -2.29. The fraction of sp³-hybridized carbons (Fsp3) is 0.484. The van der Waals surface area contributed by atoms with Gasteiger partial charge in [-0.25, -0.2) is 14.6 Å². The Morgan fingerprint density at radius 1 is 1.07 bits per heavy atom. The molecule has 0 radical (unpaired) electrons. The Hall–Kier alpha value is -4.28. The number of carbonyl (C=O) groups excluding carboxylic acids is 5. The molecule has 2 aromatic rings.